The number of carbonyl (C=O) groups is 1. The summed E-state index contributed by atoms with van der Waals surface area (Å²) in [4.78, 5) is 11.3. The summed E-state index contributed by atoms with van der Waals surface area (Å²) in [5.74, 6) is 0.162. The van der Waals surface area contributed by atoms with Crippen molar-refractivity contribution in [1.29, 1.82) is 0 Å². The Morgan fingerprint density at radius 3 is 2.47 bits per heavy atom. The van der Waals surface area contributed by atoms with Crippen LogP contribution in [0.2, 0.25) is 0 Å². The van der Waals surface area contributed by atoms with E-state index in [0.29, 0.717) is 11.8 Å². The zero-order valence-electron chi connectivity index (χ0n) is 10.6. The maximum absolute atomic E-state index is 11.3. The molecule has 90 valence electrons. The SMILES string of the molecule is COCCCCC(=O)NCCC(C)(C)C. The van der Waals surface area contributed by atoms with E-state index in [1.54, 1.807) is 7.11 Å². The van der Waals surface area contributed by atoms with Gasteiger partial charge in [0.2, 0.25) is 5.91 Å². The highest BCUT2D eigenvalue weighted by molar-refractivity contribution is 5.75. The number of methoxy groups -OCH3 is 1. The van der Waals surface area contributed by atoms with Gasteiger partial charge in [0.1, 0.15) is 0 Å². The molecule has 0 spiro atoms. The van der Waals surface area contributed by atoms with Crippen LogP contribution >= 0.6 is 0 Å². The van der Waals surface area contributed by atoms with Crippen molar-refractivity contribution in [3.05, 3.63) is 0 Å². The number of hydrogen-bond acceptors (Lipinski definition) is 2. The number of hydrogen-bond donors (Lipinski definition) is 1. The molecule has 0 heterocycles. The van der Waals surface area contributed by atoms with E-state index < -0.39 is 0 Å². The molecule has 0 fully saturated rings. The predicted octanol–water partition coefficient (Wildman–Crippen LogP) is 2.36. The summed E-state index contributed by atoms with van der Waals surface area (Å²) < 4.78 is 4.92. The lowest BCUT2D eigenvalue weighted by atomic mass is 9.92. The zero-order chi connectivity index (χ0) is 11.7. The molecule has 0 aromatic rings. The van der Waals surface area contributed by atoms with Crippen molar-refractivity contribution < 1.29 is 9.53 Å². The predicted molar refractivity (Wildman–Crippen MR) is 62.8 cm³/mol. The second-order valence-electron chi connectivity index (χ2n) is 5.11. The minimum atomic E-state index is 0.162. The molecule has 0 rings (SSSR count). The second-order valence-corrected chi connectivity index (χ2v) is 5.11. The van der Waals surface area contributed by atoms with Crippen LogP contribution in [0.4, 0.5) is 0 Å². The van der Waals surface area contributed by atoms with Crippen molar-refractivity contribution in [2.75, 3.05) is 20.3 Å². The van der Waals surface area contributed by atoms with Gasteiger partial charge in [-0.3, -0.25) is 4.79 Å². The number of unbranched alkanes of at least 4 members (excludes halogenated alkanes) is 1. The highest BCUT2D eigenvalue weighted by atomic mass is 16.5. The molecule has 0 unspecified atom stereocenters. The van der Waals surface area contributed by atoms with Gasteiger partial charge in [0.25, 0.3) is 0 Å². The molecule has 0 aliphatic rings. The molecule has 0 aromatic heterocycles. The van der Waals surface area contributed by atoms with Crippen LogP contribution in [0.3, 0.4) is 0 Å². The largest absolute Gasteiger partial charge is 0.385 e. The van der Waals surface area contributed by atoms with Crippen LogP contribution in [0, 0.1) is 5.41 Å². The van der Waals surface area contributed by atoms with Crippen LogP contribution in [0.15, 0.2) is 0 Å². The first-order valence-electron chi connectivity index (χ1n) is 5.71. The van der Waals surface area contributed by atoms with Crippen LogP contribution < -0.4 is 5.32 Å². The summed E-state index contributed by atoms with van der Waals surface area (Å²) in [6, 6.07) is 0. The van der Waals surface area contributed by atoms with Crippen molar-refractivity contribution in [3.63, 3.8) is 0 Å². The molecule has 0 saturated carbocycles. The van der Waals surface area contributed by atoms with E-state index in [9.17, 15) is 4.79 Å². The monoisotopic (exact) mass is 215 g/mol. The number of rotatable bonds is 7. The Kier molecular flexibility index (Phi) is 7.39. The van der Waals surface area contributed by atoms with Crippen LogP contribution in [-0.2, 0) is 9.53 Å². The van der Waals surface area contributed by atoms with Gasteiger partial charge < -0.3 is 10.1 Å². The smallest absolute Gasteiger partial charge is 0.219 e. The zero-order valence-corrected chi connectivity index (χ0v) is 10.6. The normalized spacial score (nSPS) is 11.5. The quantitative estimate of drug-likeness (QED) is 0.662. The van der Waals surface area contributed by atoms with Gasteiger partial charge >= 0.3 is 0 Å². The molecule has 0 bridgehead atoms. The summed E-state index contributed by atoms with van der Waals surface area (Å²) in [6.07, 6.45) is 3.52. The molecule has 0 radical (unpaired) electrons. The Hall–Kier alpha value is -0.570. The lowest BCUT2D eigenvalue weighted by molar-refractivity contribution is -0.121. The molecule has 3 nitrogen and oxygen atoms in total. The van der Waals surface area contributed by atoms with Crippen LogP contribution in [0.1, 0.15) is 46.5 Å². The molecule has 1 amide bonds. The lowest BCUT2D eigenvalue weighted by Crippen LogP contribution is -2.26. The molecule has 0 saturated heterocycles. The highest BCUT2D eigenvalue weighted by Crippen LogP contribution is 2.16. The van der Waals surface area contributed by atoms with E-state index in [4.69, 9.17) is 4.74 Å². The average Bonchev–Trinajstić information content (AvgIpc) is 2.10. The molecule has 0 aromatic carbocycles. The van der Waals surface area contributed by atoms with Gasteiger partial charge in [0.05, 0.1) is 0 Å². The molecular weight excluding hydrogens is 190 g/mol. The molecule has 3 heteroatoms. The summed E-state index contributed by atoms with van der Waals surface area (Å²) in [6.45, 7) is 8.06. The third-order valence-electron chi connectivity index (χ3n) is 2.20. The maximum atomic E-state index is 11.3. The maximum Gasteiger partial charge on any atom is 0.219 e. The van der Waals surface area contributed by atoms with E-state index in [1.807, 2.05) is 0 Å². The van der Waals surface area contributed by atoms with Gasteiger partial charge in [-0.15, -0.1) is 0 Å². The van der Waals surface area contributed by atoms with Gasteiger partial charge in [-0.25, -0.2) is 0 Å². The Bertz CT molecular complexity index is 173. The third kappa shape index (κ3) is 11.4. The summed E-state index contributed by atoms with van der Waals surface area (Å²) >= 11 is 0. The number of nitrogens with one attached hydrogen (secondary N) is 1. The van der Waals surface area contributed by atoms with Gasteiger partial charge in [0, 0.05) is 26.7 Å². The fourth-order valence-corrected chi connectivity index (χ4v) is 1.20. The Balaban J connectivity index is 3.34. The van der Waals surface area contributed by atoms with E-state index in [0.717, 1.165) is 32.4 Å². The topological polar surface area (TPSA) is 38.3 Å². The minimum Gasteiger partial charge on any atom is -0.385 e. The summed E-state index contributed by atoms with van der Waals surface area (Å²) in [5, 5.41) is 2.94. The Morgan fingerprint density at radius 1 is 1.27 bits per heavy atom. The van der Waals surface area contributed by atoms with Gasteiger partial charge in [-0.2, -0.15) is 0 Å². The fraction of sp³-hybridized carbons (Fsp3) is 0.917. The number of amides is 1. The first-order valence-corrected chi connectivity index (χ1v) is 5.71. The van der Waals surface area contributed by atoms with Gasteiger partial charge in [-0.1, -0.05) is 20.8 Å². The van der Waals surface area contributed by atoms with Gasteiger partial charge in [-0.05, 0) is 24.7 Å². The second kappa shape index (κ2) is 7.69. The van der Waals surface area contributed by atoms with Crippen molar-refractivity contribution >= 4 is 5.91 Å². The summed E-state index contributed by atoms with van der Waals surface area (Å²) in [7, 11) is 1.68. The van der Waals surface area contributed by atoms with Crippen LogP contribution in [-0.4, -0.2) is 26.2 Å². The Labute approximate surface area is 93.6 Å². The van der Waals surface area contributed by atoms with Crippen molar-refractivity contribution in [2.24, 2.45) is 5.41 Å². The molecule has 1 N–H and O–H groups in total. The lowest BCUT2D eigenvalue weighted by Gasteiger charge is -2.17. The van der Waals surface area contributed by atoms with E-state index >= 15 is 0 Å². The summed E-state index contributed by atoms with van der Waals surface area (Å²) in [5.41, 5.74) is 0.295. The standard InChI is InChI=1S/C12H25NO2/c1-12(2,3)8-9-13-11(14)7-5-6-10-15-4/h5-10H2,1-4H3,(H,13,14). The van der Waals surface area contributed by atoms with Crippen LogP contribution in [0.25, 0.3) is 0 Å². The van der Waals surface area contributed by atoms with Crippen molar-refractivity contribution in [1.82, 2.24) is 5.32 Å². The van der Waals surface area contributed by atoms with Crippen molar-refractivity contribution in [3.8, 4) is 0 Å². The van der Waals surface area contributed by atoms with Crippen LogP contribution in [0.5, 0.6) is 0 Å². The van der Waals surface area contributed by atoms with E-state index in [2.05, 4.69) is 26.1 Å². The molecular formula is C12H25NO2. The average molecular weight is 215 g/mol. The number of carbonyl (C=O) groups excluding carboxylic acids is 1. The molecule has 0 aliphatic heterocycles. The van der Waals surface area contributed by atoms with Gasteiger partial charge in [0.15, 0.2) is 0 Å². The van der Waals surface area contributed by atoms with Crippen molar-refractivity contribution in [2.45, 2.75) is 46.5 Å². The molecule has 15 heavy (non-hydrogen) atoms. The molecule has 0 atom stereocenters. The van der Waals surface area contributed by atoms with E-state index in [-0.39, 0.29) is 5.91 Å². The highest BCUT2D eigenvalue weighted by Gasteiger charge is 2.10. The van der Waals surface area contributed by atoms with E-state index in [1.165, 1.54) is 0 Å². The third-order valence-corrected chi connectivity index (χ3v) is 2.20. The molecule has 0 aliphatic carbocycles. The number of ether oxygens (including phenoxy) is 1. The Morgan fingerprint density at radius 2 is 1.93 bits per heavy atom. The first kappa shape index (κ1) is 14.4. The fourth-order valence-electron chi connectivity index (χ4n) is 1.20. The minimum absolute atomic E-state index is 0.162. The first-order chi connectivity index (χ1) is 6.95.